The Bertz CT molecular complexity index is 654. The van der Waals surface area contributed by atoms with Gasteiger partial charge < -0.3 is 5.32 Å². The number of rotatable bonds is 4. The molecule has 2 aliphatic rings. The largest absolute Gasteiger partial charge is 0.325 e. The molecule has 1 atom stereocenters. The first-order valence-electron chi connectivity index (χ1n) is 7.17. The van der Waals surface area contributed by atoms with Gasteiger partial charge in [0.25, 0.3) is 10.0 Å². The maximum absolute atomic E-state index is 12.6. The second-order valence-corrected chi connectivity index (χ2v) is 8.67. The Morgan fingerprint density at radius 3 is 2.64 bits per heavy atom. The van der Waals surface area contributed by atoms with E-state index in [-0.39, 0.29) is 15.3 Å². The number of sulfonamides is 1. The van der Waals surface area contributed by atoms with Crippen molar-refractivity contribution in [3.63, 3.8) is 0 Å². The monoisotopic (exact) mass is 346 g/mol. The molecule has 0 aromatic carbocycles. The lowest BCUT2D eigenvalue weighted by atomic mass is 10.2. The van der Waals surface area contributed by atoms with E-state index >= 15 is 0 Å². The summed E-state index contributed by atoms with van der Waals surface area (Å²) in [6.07, 6.45) is 0.812. The SMILES string of the molecule is O=[N+]([O-])c1ccc(S(=O)(=O)N2CCC(N3CCNCC3)C2)s1. The molecule has 0 aliphatic carbocycles. The molecular formula is C12H18N4O4S2. The number of nitro groups is 1. The first-order chi connectivity index (χ1) is 10.5. The molecule has 0 saturated carbocycles. The fourth-order valence-corrected chi connectivity index (χ4v) is 5.70. The molecule has 2 fully saturated rings. The predicted octanol–water partition coefficient (Wildman–Crippen LogP) is 0.324. The van der Waals surface area contributed by atoms with Gasteiger partial charge in [-0.25, -0.2) is 8.42 Å². The average Bonchev–Trinajstić information content (AvgIpc) is 3.18. The molecule has 22 heavy (non-hydrogen) atoms. The summed E-state index contributed by atoms with van der Waals surface area (Å²) in [4.78, 5) is 12.5. The average molecular weight is 346 g/mol. The molecule has 0 bridgehead atoms. The standard InChI is InChI=1S/C12H18N4O4S2/c17-16(18)11-1-2-12(21-11)22(19,20)15-6-3-10(9-15)14-7-4-13-5-8-14/h1-2,10,13H,3-9H2. The van der Waals surface area contributed by atoms with Gasteiger partial charge in [0.15, 0.2) is 0 Å². The van der Waals surface area contributed by atoms with Gasteiger partial charge in [0.2, 0.25) is 0 Å². The third-order valence-electron chi connectivity index (χ3n) is 4.14. The molecule has 0 spiro atoms. The van der Waals surface area contributed by atoms with Crippen LogP contribution in [-0.2, 0) is 10.0 Å². The molecule has 1 N–H and O–H groups in total. The topological polar surface area (TPSA) is 95.8 Å². The Morgan fingerprint density at radius 1 is 1.27 bits per heavy atom. The fourth-order valence-electron chi connectivity index (χ4n) is 2.95. The highest BCUT2D eigenvalue weighted by Gasteiger charge is 2.36. The van der Waals surface area contributed by atoms with Crippen LogP contribution in [0.2, 0.25) is 0 Å². The van der Waals surface area contributed by atoms with Gasteiger partial charge in [-0.1, -0.05) is 0 Å². The summed E-state index contributed by atoms with van der Waals surface area (Å²) in [6.45, 7) is 4.67. The molecule has 1 aromatic heterocycles. The van der Waals surface area contributed by atoms with Crippen LogP contribution in [0.3, 0.4) is 0 Å². The fraction of sp³-hybridized carbons (Fsp3) is 0.667. The maximum Gasteiger partial charge on any atom is 0.325 e. The number of nitrogens with zero attached hydrogens (tertiary/aromatic N) is 3. The predicted molar refractivity (Wildman–Crippen MR) is 82.6 cm³/mol. The van der Waals surface area contributed by atoms with Crippen LogP contribution >= 0.6 is 11.3 Å². The van der Waals surface area contributed by atoms with E-state index in [1.165, 1.54) is 16.4 Å². The van der Waals surface area contributed by atoms with Gasteiger partial charge in [0, 0.05) is 51.4 Å². The normalized spacial score (nSPS) is 24.6. The molecule has 1 aromatic rings. The van der Waals surface area contributed by atoms with Crippen molar-refractivity contribution >= 4 is 26.4 Å². The van der Waals surface area contributed by atoms with Crippen LogP contribution in [0, 0.1) is 10.1 Å². The van der Waals surface area contributed by atoms with Crippen molar-refractivity contribution in [3.8, 4) is 0 Å². The van der Waals surface area contributed by atoms with Crippen LogP contribution in [0.25, 0.3) is 0 Å². The molecule has 2 saturated heterocycles. The molecule has 0 amide bonds. The molecule has 3 rings (SSSR count). The summed E-state index contributed by atoms with van der Waals surface area (Å²) < 4.78 is 26.7. The third kappa shape index (κ3) is 3.01. The number of hydrogen-bond donors (Lipinski definition) is 1. The zero-order valence-electron chi connectivity index (χ0n) is 12.0. The van der Waals surface area contributed by atoms with Gasteiger partial charge in [-0.3, -0.25) is 15.0 Å². The van der Waals surface area contributed by atoms with Crippen LogP contribution in [-0.4, -0.2) is 67.9 Å². The highest BCUT2D eigenvalue weighted by Crippen LogP contribution is 2.32. The molecule has 0 radical (unpaired) electrons. The molecule has 1 unspecified atom stereocenters. The molecule has 122 valence electrons. The van der Waals surface area contributed by atoms with Crippen molar-refractivity contribution < 1.29 is 13.3 Å². The molecule has 3 heterocycles. The first-order valence-corrected chi connectivity index (χ1v) is 9.43. The molecule has 10 heteroatoms. The van der Waals surface area contributed by atoms with E-state index in [9.17, 15) is 18.5 Å². The van der Waals surface area contributed by atoms with Crippen LogP contribution in [0.4, 0.5) is 5.00 Å². The smallest absolute Gasteiger partial charge is 0.314 e. The maximum atomic E-state index is 12.6. The number of nitrogens with one attached hydrogen (secondary N) is 1. The summed E-state index contributed by atoms with van der Waals surface area (Å²) in [6, 6.07) is 2.82. The van der Waals surface area contributed by atoms with Crippen molar-refractivity contribution in [1.29, 1.82) is 0 Å². The quantitative estimate of drug-likeness (QED) is 0.623. The summed E-state index contributed by atoms with van der Waals surface area (Å²) in [5, 5.41) is 13.9. The van der Waals surface area contributed by atoms with Gasteiger partial charge in [-0.15, -0.1) is 0 Å². The summed E-state index contributed by atoms with van der Waals surface area (Å²) >= 11 is 0.719. The van der Waals surface area contributed by atoms with Gasteiger partial charge in [-0.2, -0.15) is 4.31 Å². The zero-order valence-corrected chi connectivity index (χ0v) is 13.6. The molecule has 8 nitrogen and oxygen atoms in total. The van der Waals surface area contributed by atoms with Crippen LogP contribution in [0.1, 0.15) is 6.42 Å². The first kappa shape index (κ1) is 15.8. The third-order valence-corrected chi connectivity index (χ3v) is 7.50. The van der Waals surface area contributed by atoms with Crippen molar-refractivity contribution in [1.82, 2.24) is 14.5 Å². The van der Waals surface area contributed by atoms with E-state index in [1.807, 2.05) is 0 Å². The summed E-state index contributed by atoms with van der Waals surface area (Å²) in [5.74, 6) is 0. The number of thiophene rings is 1. The molecule has 2 aliphatic heterocycles. The van der Waals surface area contributed by atoms with Crippen molar-refractivity contribution in [2.24, 2.45) is 0 Å². The van der Waals surface area contributed by atoms with Crippen molar-refractivity contribution in [2.75, 3.05) is 39.3 Å². The Hall–Kier alpha value is -1.07. The Morgan fingerprint density at radius 2 is 2.00 bits per heavy atom. The van der Waals surface area contributed by atoms with Gasteiger partial charge in [0.05, 0.1) is 4.92 Å². The zero-order chi connectivity index (χ0) is 15.7. The van der Waals surface area contributed by atoms with E-state index in [2.05, 4.69) is 10.2 Å². The highest BCUT2D eigenvalue weighted by atomic mass is 32.2. The van der Waals surface area contributed by atoms with E-state index in [1.54, 1.807) is 0 Å². The minimum Gasteiger partial charge on any atom is -0.314 e. The van der Waals surface area contributed by atoms with Crippen LogP contribution in [0.15, 0.2) is 16.3 Å². The lowest BCUT2D eigenvalue weighted by Gasteiger charge is -2.32. The summed E-state index contributed by atoms with van der Waals surface area (Å²) in [7, 11) is -3.62. The number of hydrogen-bond acceptors (Lipinski definition) is 7. The Kier molecular flexibility index (Phi) is 4.46. The second-order valence-electron chi connectivity index (χ2n) is 5.44. The Balaban J connectivity index is 1.71. The Labute approximate surface area is 132 Å². The highest BCUT2D eigenvalue weighted by molar-refractivity contribution is 7.91. The van der Waals surface area contributed by atoms with Gasteiger partial charge >= 0.3 is 5.00 Å². The van der Waals surface area contributed by atoms with E-state index in [0.29, 0.717) is 13.1 Å². The van der Waals surface area contributed by atoms with E-state index < -0.39 is 14.9 Å². The van der Waals surface area contributed by atoms with E-state index in [4.69, 9.17) is 0 Å². The van der Waals surface area contributed by atoms with Crippen LogP contribution < -0.4 is 5.32 Å². The van der Waals surface area contributed by atoms with Crippen molar-refractivity contribution in [2.45, 2.75) is 16.7 Å². The van der Waals surface area contributed by atoms with Gasteiger partial charge in [-0.05, 0) is 23.8 Å². The minimum absolute atomic E-state index is 0.0557. The summed E-state index contributed by atoms with van der Waals surface area (Å²) in [5.41, 5.74) is 0. The van der Waals surface area contributed by atoms with Crippen LogP contribution in [0.5, 0.6) is 0 Å². The lowest BCUT2D eigenvalue weighted by molar-refractivity contribution is -0.380. The van der Waals surface area contributed by atoms with Gasteiger partial charge in [0.1, 0.15) is 4.21 Å². The number of piperazine rings is 1. The lowest BCUT2D eigenvalue weighted by Crippen LogP contribution is -2.49. The second kappa shape index (κ2) is 6.20. The van der Waals surface area contributed by atoms with E-state index in [0.717, 1.165) is 43.9 Å². The van der Waals surface area contributed by atoms with Crippen molar-refractivity contribution in [3.05, 3.63) is 22.2 Å². The molecular weight excluding hydrogens is 328 g/mol. The minimum atomic E-state index is -3.62.